The molecule has 2 rings (SSSR count). The van der Waals surface area contributed by atoms with Gasteiger partial charge in [0.1, 0.15) is 0 Å². The Hall–Kier alpha value is -0.810. The molecule has 1 aromatic carbocycles. The SMILES string of the molecule is Cc1c(Cl)cccc1NC(=O)C(C)N1CCC(N)C(C)(C)C1.Cl. The lowest BCUT2D eigenvalue weighted by molar-refractivity contribution is -0.122. The van der Waals surface area contributed by atoms with Crippen molar-refractivity contribution in [3.8, 4) is 0 Å². The molecule has 1 aliphatic heterocycles. The van der Waals surface area contributed by atoms with E-state index in [0.29, 0.717) is 5.02 Å². The Kier molecular flexibility index (Phi) is 6.90. The smallest absolute Gasteiger partial charge is 0.241 e. The van der Waals surface area contributed by atoms with Gasteiger partial charge in [0.25, 0.3) is 0 Å². The van der Waals surface area contributed by atoms with Gasteiger partial charge in [-0.3, -0.25) is 9.69 Å². The van der Waals surface area contributed by atoms with E-state index in [9.17, 15) is 4.79 Å². The van der Waals surface area contributed by atoms with Crippen molar-refractivity contribution in [3.05, 3.63) is 28.8 Å². The lowest BCUT2D eigenvalue weighted by atomic mass is 9.79. The van der Waals surface area contributed by atoms with E-state index in [1.807, 2.05) is 32.0 Å². The summed E-state index contributed by atoms with van der Waals surface area (Å²) in [4.78, 5) is 14.7. The van der Waals surface area contributed by atoms with Crippen molar-refractivity contribution in [2.24, 2.45) is 11.1 Å². The third-order valence-electron chi connectivity index (χ3n) is 4.79. The fraction of sp³-hybridized carbons (Fsp3) is 0.588. The predicted octanol–water partition coefficient (Wildman–Crippen LogP) is 3.46. The van der Waals surface area contributed by atoms with Gasteiger partial charge in [0, 0.05) is 29.8 Å². The van der Waals surface area contributed by atoms with Gasteiger partial charge in [0.2, 0.25) is 5.91 Å². The van der Waals surface area contributed by atoms with Gasteiger partial charge in [-0.15, -0.1) is 12.4 Å². The van der Waals surface area contributed by atoms with Crippen LogP contribution in [0.5, 0.6) is 0 Å². The van der Waals surface area contributed by atoms with Crippen LogP contribution in [0.15, 0.2) is 18.2 Å². The van der Waals surface area contributed by atoms with E-state index in [2.05, 4.69) is 24.1 Å². The molecule has 4 nitrogen and oxygen atoms in total. The Morgan fingerprint density at radius 2 is 2.13 bits per heavy atom. The second-order valence-electron chi connectivity index (χ2n) is 6.93. The molecule has 2 atom stereocenters. The second kappa shape index (κ2) is 7.84. The number of carbonyl (C=O) groups excluding carboxylic acids is 1. The zero-order valence-electron chi connectivity index (χ0n) is 14.2. The minimum atomic E-state index is -0.190. The average molecular weight is 360 g/mol. The van der Waals surface area contributed by atoms with Crippen LogP contribution in [0.2, 0.25) is 5.02 Å². The molecule has 130 valence electrons. The minimum Gasteiger partial charge on any atom is -0.327 e. The Labute approximate surface area is 150 Å². The molecule has 0 radical (unpaired) electrons. The van der Waals surface area contributed by atoms with Crippen molar-refractivity contribution >= 4 is 35.6 Å². The van der Waals surface area contributed by atoms with E-state index < -0.39 is 0 Å². The summed E-state index contributed by atoms with van der Waals surface area (Å²) < 4.78 is 0. The Bertz CT molecular complexity index is 563. The Balaban J connectivity index is 0.00000264. The largest absolute Gasteiger partial charge is 0.327 e. The van der Waals surface area contributed by atoms with Crippen molar-refractivity contribution in [3.63, 3.8) is 0 Å². The van der Waals surface area contributed by atoms with Crippen LogP contribution in [0.4, 0.5) is 5.69 Å². The average Bonchev–Trinajstić information content (AvgIpc) is 2.46. The summed E-state index contributed by atoms with van der Waals surface area (Å²) in [6, 6.07) is 5.55. The highest BCUT2D eigenvalue weighted by molar-refractivity contribution is 6.31. The summed E-state index contributed by atoms with van der Waals surface area (Å²) in [7, 11) is 0. The summed E-state index contributed by atoms with van der Waals surface area (Å²) in [6.45, 7) is 9.86. The monoisotopic (exact) mass is 359 g/mol. The van der Waals surface area contributed by atoms with Crippen molar-refractivity contribution in [2.45, 2.75) is 46.2 Å². The molecule has 0 saturated carbocycles. The standard InChI is InChI=1S/C17H26ClN3O.ClH/c1-11-13(18)6-5-7-14(11)20-16(22)12(2)21-9-8-15(19)17(3,4)10-21;/h5-7,12,15H,8-10,19H2,1-4H3,(H,20,22);1H. The van der Waals surface area contributed by atoms with Crippen LogP contribution in [0.1, 0.15) is 32.8 Å². The molecular formula is C17H27Cl2N3O. The van der Waals surface area contributed by atoms with Gasteiger partial charge in [-0.05, 0) is 43.4 Å². The molecule has 1 amide bonds. The molecule has 2 unspecified atom stereocenters. The second-order valence-corrected chi connectivity index (χ2v) is 7.34. The van der Waals surface area contributed by atoms with Gasteiger partial charge in [-0.2, -0.15) is 0 Å². The van der Waals surface area contributed by atoms with Crippen LogP contribution in [0.3, 0.4) is 0 Å². The first-order valence-corrected chi connectivity index (χ1v) is 8.16. The van der Waals surface area contributed by atoms with Crippen molar-refractivity contribution in [1.29, 1.82) is 0 Å². The van der Waals surface area contributed by atoms with Crippen LogP contribution < -0.4 is 11.1 Å². The number of hydrogen-bond acceptors (Lipinski definition) is 3. The van der Waals surface area contributed by atoms with Gasteiger partial charge in [0.15, 0.2) is 0 Å². The summed E-state index contributed by atoms with van der Waals surface area (Å²) in [5, 5.41) is 3.65. The quantitative estimate of drug-likeness (QED) is 0.868. The highest BCUT2D eigenvalue weighted by atomic mass is 35.5. The number of carbonyl (C=O) groups is 1. The Morgan fingerprint density at radius 3 is 2.74 bits per heavy atom. The van der Waals surface area contributed by atoms with Crippen molar-refractivity contribution in [1.82, 2.24) is 4.90 Å². The number of rotatable bonds is 3. The van der Waals surface area contributed by atoms with Gasteiger partial charge in [-0.25, -0.2) is 0 Å². The van der Waals surface area contributed by atoms with Crippen LogP contribution in [0.25, 0.3) is 0 Å². The number of nitrogens with two attached hydrogens (primary N) is 1. The van der Waals surface area contributed by atoms with Crippen LogP contribution in [0, 0.1) is 12.3 Å². The maximum atomic E-state index is 12.5. The molecule has 0 aromatic heterocycles. The van der Waals surface area contributed by atoms with Crippen molar-refractivity contribution in [2.75, 3.05) is 18.4 Å². The first kappa shape index (κ1) is 20.2. The first-order chi connectivity index (χ1) is 10.2. The van der Waals surface area contributed by atoms with Gasteiger partial charge in [0.05, 0.1) is 6.04 Å². The van der Waals surface area contributed by atoms with Gasteiger partial charge >= 0.3 is 0 Å². The molecule has 0 bridgehead atoms. The molecular weight excluding hydrogens is 333 g/mol. The summed E-state index contributed by atoms with van der Waals surface area (Å²) in [5.74, 6) is -0.00311. The number of anilines is 1. The molecule has 6 heteroatoms. The summed E-state index contributed by atoms with van der Waals surface area (Å²) in [6.07, 6.45) is 0.917. The third kappa shape index (κ3) is 4.60. The maximum Gasteiger partial charge on any atom is 0.241 e. The highest BCUT2D eigenvalue weighted by Gasteiger charge is 2.36. The highest BCUT2D eigenvalue weighted by Crippen LogP contribution is 2.29. The van der Waals surface area contributed by atoms with Crippen molar-refractivity contribution < 1.29 is 4.79 Å². The first-order valence-electron chi connectivity index (χ1n) is 7.78. The third-order valence-corrected chi connectivity index (χ3v) is 5.20. The van der Waals surface area contributed by atoms with Crippen LogP contribution in [-0.2, 0) is 4.79 Å². The molecule has 1 heterocycles. The van der Waals surface area contributed by atoms with E-state index >= 15 is 0 Å². The molecule has 0 aliphatic carbocycles. The fourth-order valence-corrected chi connectivity index (χ4v) is 3.07. The summed E-state index contributed by atoms with van der Waals surface area (Å²) in [5.41, 5.74) is 7.87. The number of hydrogen-bond donors (Lipinski definition) is 2. The van der Waals surface area contributed by atoms with E-state index in [-0.39, 0.29) is 35.8 Å². The van der Waals surface area contributed by atoms with E-state index in [1.165, 1.54) is 0 Å². The Morgan fingerprint density at radius 1 is 1.48 bits per heavy atom. The fourth-order valence-electron chi connectivity index (χ4n) is 2.89. The van der Waals surface area contributed by atoms with Gasteiger partial charge < -0.3 is 11.1 Å². The number of nitrogens with one attached hydrogen (secondary N) is 1. The minimum absolute atomic E-state index is 0. The summed E-state index contributed by atoms with van der Waals surface area (Å²) >= 11 is 6.10. The lowest BCUT2D eigenvalue weighted by Crippen LogP contribution is -2.56. The zero-order chi connectivity index (χ0) is 16.5. The molecule has 3 N–H and O–H groups in total. The molecule has 1 aromatic rings. The molecule has 23 heavy (non-hydrogen) atoms. The number of piperidine rings is 1. The number of nitrogens with zero attached hydrogens (tertiary/aromatic N) is 1. The zero-order valence-corrected chi connectivity index (χ0v) is 15.8. The van der Waals surface area contributed by atoms with Gasteiger partial charge in [-0.1, -0.05) is 31.5 Å². The van der Waals surface area contributed by atoms with E-state index in [1.54, 1.807) is 0 Å². The number of halogens is 2. The predicted molar refractivity (Wildman–Crippen MR) is 99.5 cm³/mol. The molecule has 1 aliphatic rings. The van der Waals surface area contributed by atoms with E-state index in [0.717, 1.165) is 30.8 Å². The molecule has 1 saturated heterocycles. The number of likely N-dealkylation sites (tertiary alicyclic amines) is 1. The molecule has 0 spiro atoms. The maximum absolute atomic E-state index is 12.5. The number of benzene rings is 1. The number of amides is 1. The lowest BCUT2D eigenvalue weighted by Gasteiger charge is -2.44. The van der Waals surface area contributed by atoms with E-state index in [4.69, 9.17) is 17.3 Å². The molecule has 1 fully saturated rings. The topological polar surface area (TPSA) is 58.4 Å². The van der Waals surface area contributed by atoms with Crippen LogP contribution in [-0.4, -0.2) is 36.0 Å². The normalized spacial score (nSPS) is 22.1. The van der Waals surface area contributed by atoms with Crippen LogP contribution >= 0.6 is 24.0 Å².